The molecule has 7 heteroatoms. The van der Waals surface area contributed by atoms with Gasteiger partial charge in [-0.1, -0.05) is 41.9 Å². The highest BCUT2D eigenvalue weighted by molar-refractivity contribution is 8.01. The largest absolute Gasteiger partial charge is 0.311 e. The molecule has 156 valence electrons. The van der Waals surface area contributed by atoms with Gasteiger partial charge in [-0.15, -0.1) is 11.8 Å². The third kappa shape index (κ3) is 3.22. The van der Waals surface area contributed by atoms with Crippen LogP contribution in [-0.2, 0) is 16.2 Å². The number of thioether (sulfide) groups is 1. The van der Waals surface area contributed by atoms with Gasteiger partial charge in [-0.05, 0) is 48.0 Å². The molecule has 0 radical (unpaired) electrons. The van der Waals surface area contributed by atoms with Crippen molar-refractivity contribution in [3.63, 3.8) is 0 Å². The summed E-state index contributed by atoms with van der Waals surface area (Å²) in [5.41, 5.74) is 2.57. The van der Waals surface area contributed by atoms with Crippen molar-refractivity contribution in [2.24, 2.45) is 0 Å². The van der Waals surface area contributed by atoms with Gasteiger partial charge in [-0.25, -0.2) is 4.39 Å². The maximum absolute atomic E-state index is 14.3. The summed E-state index contributed by atoms with van der Waals surface area (Å²) in [6.07, 6.45) is 0. The number of hydrogen-bond donors (Lipinski definition) is 0. The van der Waals surface area contributed by atoms with Gasteiger partial charge in [0.25, 0.3) is 11.8 Å². The molecule has 0 aromatic heterocycles. The average Bonchev–Trinajstić information content (AvgIpc) is 3.32. The van der Waals surface area contributed by atoms with Gasteiger partial charge in [-0.2, -0.15) is 0 Å². The average molecular weight is 453 g/mol. The summed E-state index contributed by atoms with van der Waals surface area (Å²) in [7, 11) is 0. The van der Waals surface area contributed by atoms with Crippen LogP contribution in [0.4, 0.5) is 10.1 Å². The van der Waals surface area contributed by atoms with E-state index in [1.54, 1.807) is 40.1 Å². The number of nitrogens with zero attached hydrogens (tertiary/aromatic N) is 2. The molecule has 3 aromatic carbocycles. The monoisotopic (exact) mass is 452 g/mol. The van der Waals surface area contributed by atoms with Crippen molar-refractivity contribution in [2.45, 2.75) is 11.4 Å². The molecule has 31 heavy (non-hydrogen) atoms. The summed E-state index contributed by atoms with van der Waals surface area (Å²) in [5.74, 6) is -0.340. The second-order valence-electron chi connectivity index (χ2n) is 7.49. The molecule has 1 atom stereocenters. The Labute approximate surface area is 188 Å². The fourth-order valence-corrected chi connectivity index (χ4v) is 5.84. The molecule has 0 N–H and O–H groups in total. The molecule has 2 amide bonds. The number of fused-ring (bicyclic) bond motifs is 2. The molecule has 0 bridgehead atoms. The van der Waals surface area contributed by atoms with Crippen LogP contribution in [0.2, 0.25) is 5.02 Å². The SMILES string of the molecule is O=C(c1ccc(Cl)cc1)N1CCS[C@@]12C(=O)N(Cc1ccccc1)c1ccc(F)cc12. The highest BCUT2D eigenvalue weighted by Gasteiger charge is 2.59. The minimum Gasteiger partial charge on any atom is -0.311 e. The van der Waals surface area contributed by atoms with Crippen LogP contribution in [0, 0.1) is 5.82 Å². The molecule has 1 saturated heterocycles. The molecule has 2 aliphatic rings. The van der Waals surface area contributed by atoms with Gasteiger partial charge in [0, 0.05) is 28.4 Å². The number of carbonyl (C=O) groups is 2. The van der Waals surface area contributed by atoms with Crippen LogP contribution in [0.15, 0.2) is 72.8 Å². The lowest BCUT2D eigenvalue weighted by atomic mass is 10.0. The summed E-state index contributed by atoms with van der Waals surface area (Å²) in [6.45, 7) is 0.747. The van der Waals surface area contributed by atoms with Crippen molar-refractivity contribution in [3.05, 3.63) is 100 Å². The van der Waals surface area contributed by atoms with E-state index in [-0.39, 0.29) is 11.8 Å². The first kappa shape index (κ1) is 20.1. The van der Waals surface area contributed by atoms with Crippen molar-refractivity contribution in [3.8, 4) is 0 Å². The summed E-state index contributed by atoms with van der Waals surface area (Å²) in [5, 5.41) is 0.528. The van der Waals surface area contributed by atoms with Gasteiger partial charge in [0.1, 0.15) is 5.82 Å². The van der Waals surface area contributed by atoms with E-state index in [0.29, 0.717) is 40.7 Å². The zero-order valence-corrected chi connectivity index (χ0v) is 18.0. The van der Waals surface area contributed by atoms with Crippen molar-refractivity contribution < 1.29 is 14.0 Å². The molecular weight excluding hydrogens is 435 g/mol. The summed E-state index contributed by atoms with van der Waals surface area (Å²) < 4.78 is 14.3. The lowest BCUT2D eigenvalue weighted by Gasteiger charge is -2.33. The van der Waals surface area contributed by atoms with Gasteiger partial charge < -0.3 is 9.80 Å². The number of anilines is 1. The highest BCUT2D eigenvalue weighted by atomic mass is 35.5. The van der Waals surface area contributed by atoms with E-state index >= 15 is 0 Å². The van der Waals surface area contributed by atoms with E-state index in [1.807, 2.05) is 30.3 Å². The van der Waals surface area contributed by atoms with E-state index in [9.17, 15) is 14.0 Å². The first-order valence-electron chi connectivity index (χ1n) is 9.88. The van der Waals surface area contributed by atoms with Crippen molar-refractivity contribution in [1.82, 2.24) is 4.90 Å². The number of amides is 2. The number of rotatable bonds is 3. The molecule has 0 aliphatic carbocycles. The topological polar surface area (TPSA) is 40.6 Å². The Kier molecular flexibility index (Phi) is 4.99. The minimum absolute atomic E-state index is 0.221. The molecular formula is C24H18ClFN2O2S. The van der Waals surface area contributed by atoms with Crippen LogP contribution in [0.3, 0.4) is 0 Å². The van der Waals surface area contributed by atoms with Crippen molar-refractivity contribution in [1.29, 1.82) is 0 Å². The lowest BCUT2D eigenvalue weighted by molar-refractivity contribution is -0.123. The molecule has 1 spiro atoms. The van der Waals surface area contributed by atoms with Gasteiger partial charge in [0.15, 0.2) is 4.87 Å². The molecule has 3 aromatic rings. The fraction of sp³-hybridized carbons (Fsp3) is 0.167. The van der Waals surface area contributed by atoms with Gasteiger partial charge in [-0.3, -0.25) is 9.59 Å². The van der Waals surface area contributed by atoms with E-state index in [4.69, 9.17) is 11.6 Å². The second-order valence-corrected chi connectivity index (χ2v) is 9.22. The van der Waals surface area contributed by atoms with Crippen LogP contribution < -0.4 is 4.90 Å². The lowest BCUT2D eigenvalue weighted by Crippen LogP contribution is -2.50. The fourth-order valence-electron chi connectivity index (χ4n) is 4.26. The molecule has 4 nitrogen and oxygen atoms in total. The first-order valence-corrected chi connectivity index (χ1v) is 11.2. The summed E-state index contributed by atoms with van der Waals surface area (Å²) in [4.78, 5) is 29.3. The third-order valence-electron chi connectivity index (χ3n) is 5.68. The predicted octanol–water partition coefficient (Wildman–Crippen LogP) is 5.07. The van der Waals surface area contributed by atoms with Crippen molar-refractivity contribution >= 4 is 40.9 Å². The molecule has 0 saturated carbocycles. The van der Waals surface area contributed by atoms with E-state index in [0.717, 1.165) is 5.56 Å². The number of benzene rings is 3. The van der Waals surface area contributed by atoms with Crippen molar-refractivity contribution in [2.75, 3.05) is 17.2 Å². The van der Waals surface area contributed by atoms with E-state index < -0.39 is 10.7 Å². The molecule has 5 rings (SSSR count). The number of hydrogen-bond acceptors (Lipinski definition) is 3. The van der Waals surface area contributed by atoms with Crippen LogP contribution in [0.5, 0.6) is 0 Å². The standard InChI is InChI=1S/C24H18ClFN2O2S/c25-18-8-6-17(7-9-18)22(29)28-12-13-31-24(28)20-14-19(26)10-11-21(20)27(23(24)30)15-16-4-2-1-3-5-16/h1-11,14H,12-13,15H2/t24-/m0/s1. The predicted molar refractivity (Wildman–Crippen MR) is 121 cm³/mol. The van der Waals surface area contributed by atoms with Crippen LogP contribution in [-0.4, -0.2) is 29.0 Å². The van der Waals surface area contributed by atoms with Gasteiger partial charge in [0.2, 0.25) is 0 Å². The van der Waals surface area contributed by atoms with Crippen LogP contribution in [0.25, 0.3) is 0 Å². The van der Waals surface area contributed by atoms with Crippen LogP contribution in [0.1, 0.15) is 21.5 Å². The Morgan fingerprint density at radius 2 is 1.81 bits per heavy atom. The quantitative estimate of drug-likeness (QED) is 0.557. The first-order chi connectivity index (χ1) is 15.0. The minimum atomic E-state index is -1.27. The van der Waals surface area contributed by atoms with E-state index in [1.165, 1.54) is 23.9 Å². The Bertz CT molecular complexity index is 1170. The zero-order valence-electron chi connectivity index (χ0n) is 16.4. The Morgan fingerprint density at radius 3 is 2.55 bits per heavy atom. The zero-order chi connectivity index (χ0) is 21.6. The van der Waals surface area contributed by atoms with E-state index in [2.05, 4.69) is 0 Å². The normalized spacial score (nSPS) is 19.9. The molecule has 1 fully saturated rings. The highest BCUT2D eigenvalue weighted by Crippen LogP contribution is 2.54. The Morgan fingerprint density at radius 1 is 1.06 bits per heavy atom. The maximum atomic E-state index is 14.3. The summed E-state index contributed by atoms with van der Waals surface area (Å²) >= 11 is 7.35. The molecule has 2 heterocycles. The Hall–Kier alpha value is -2.83. The molecule has 0 unspecified atom stereocenters. The van der Waals surface area contributed by atoms with Gasteiger partial charge in [0.05, 0.1) is 12.2 Å². The van der Waals surface area contributed by atoms with Gasteiger partial charge >= 0.3 is 0 Å². The van der Waals surface area contributed by atoms with Crippen LogP contribution >= 0.6 is 23.4 Å². The number of halogens is 2. The maximum Gasteiger partial charge on any atom is 0.268 e. The second kappa shape index (κ2) is 7.70. The summed E-state index contributed by atoms with van der Waals surface area (Å²) in [6, 6.07) is 20.6. The molecule has 2 aliphatic heterocycles. The number of carbonyl (C=O) groups excluding carboxylic acids is 2. The Balaban J connectivity index is 1.60. The smallest absolute Gasteiger partial charge is 0.268 e. The third-order valence-corrected chi connectivity index (χ3v) is 7.35.